The van der Waals surface area contributed by atoms with Crippen LogP contribution in [0.25, 0.3) is 0 Å². The topological polar surface area (TPSA) is 92.2 Å². The number of rotatable bonds is 3. The number of carboxylic acids is 1. The number of hydrogen-bond acceptors (Lipinski definition) is 4. The molecule has 1 aromatic rings. The second-order valence-electron chi connectivity index (χ2n) is 4.40. The Morgan fingerprint density at radius 1 is 1.17 bits per heavy atom. The van der Waals surface area contributed by atoms with E-state index in [4.69, 9.17) is 5.11 Å². The minimum Gasteiger partial charge on any atom is -0.481 e. The molecule has 1 aromatic heterocycles. The molecule has 0 spiro atoms. The van der Waals surface area contributed by atoms with Gasteiger partial charge in [0.1, 0.15) is 0 Å². The van der Waals surface area contributed by atoms with E-state index >= 15 is 0 Å². The Balaban J connectivity index is 2.05. The van der Waals surface area contributed by atoms with Crippen molar-refractivity contribution in [3.05, 3.63) is 18.5 Å². The van der Waals surface area contributed by atoms with Crippen LogP contribution in [0.4, 0.5) is 5.95 Å². The van der Waals surface area contributed by atoms with Gasteiger partial charge in [0, 0.05) is 12.4 Å². The Morgan fingerprint density at radius 2 is 1.78 bits per heavy atom. The quantitative estimate of drug-likeness (QED) is 0.842. The molecule has 1 saturated carbocycles. The van der Waals surface area contributed by atoms with Crippen LogP contribution in [0, 0.1) is 11.8 Å². The van der Waals surface area contributed by atoms with Gasteiger partial charge in [0.15, 0.2) is 0 Å². The van der Waals surface area contributed by atoms with Crippen LogP contribution in [-0.4, -0.2) is 27.0 Å². The van der Waals surface area contributed by atoms with Crippen molar-refractivity contribution in [3.63, 3.8) is 0 Å². The van der Waals surface area contributed by atoms with Gasteiger partial charge in [-0.1, -0.05) is 12.8 Å². The Bertz CT molecular complexity index is 435. The Labute approximate surface area is 104 Å². The minimum absolute atomic E-state index is 0.220. The molecular formula is C12H15N3O3. The third kappa shape index (κ3) is 2.82. The highest BCUT2D eigenvalue weighted by atomic mass is 16.4. The highest BCUT2D eigenvalue weighted by molar-refractivity contribution is 5.93. The molecule has 6 nitrogen and oxygen atoms in total. The second-order valence-corrected chi connectivity index (χ2v) is 4.40. The fourth-order valence-corrected chi connectivity index (χ4v) is 2.31. The number of carbonyl (C=O) groups excluding carboxylic acids is 1. The molecule has 2 rings (SSSR count). The first kappa shape index (κ1) is 12.5. The van der Waals surface area contributed by atoms with Crippen LogP contribution >= 0.6 is 0 Å². The molecule has 18 heavy (non-hydrogen) atoms. The predicted molar refractivity (Wildman–Crippen MR) is 63.7 cm³/mol. The van der Waals surface area contributed by atoms with E-state index < -0.39 is 17.8 Å². The van der Waals surface area contributed by atoms with Gasteiger partial charge in [0.25, 0.3) is 0 Å². The summed E-state index contributed by atoms with van der Waals surface area (Å²) in [6, 6.07) is 1.65. The maximum Gasteiger partial charge on any atom is 0.307 e. The van der Waals surface area contributed by atoms with E-state index in [1.807, 2.05) is 0 Å². The SMILES string of the molecule is O=C(O)[C@H]1CCCC[C@H]1C(=O)Nc1ncccn1. The molecule has 2 atom stereocenters. The molecule has 0 radical (unpaired) electrons. The summed E-state index contributed by atoms with van der Waals surface area (Å²) in [5.41, 5.74) is 0. The van der Waals surface area contributed by atoms with Crippen LogP contribution in [0.2, 0.25) is 0 Å². The van der Waals surface area contributed by atoms with Crippen molar-refractivity contribution >= 4 is 17.8 Å². The van der Waals surface area contributed by atoms with Crippen LogP contribution < -0.4 is 5.32 Å². The lowest BCUT2D eigenvalue weighted by Crippen LogP contribution is -2.36. The van der Waals surface area contributed by atoms with E-state index in [-0.39, 0.29) is 11.9 Å². The molecule has 1 aliphatic carbocycles. The monoisotopic (exact) mass is 249 g/mol. The normalized spacial score (nSPS) is 23.3. The number of carbonyl (C=O) groups is 2. The Hall–Kier alpha value is -1.98. The van der Waals surface area contributed by atoms with Crippen molar-refractivity contribution in [2.24, 2.45) is 11.8 Å². The van der Waals surface area contributed by atoms with Crippen LogP contribution in [0.1, 0.15) is 25.7 Å². The number of aliphatic carboxylic acids is 1. The lowest BCUT2D eigenvalue weighted by atomic mass is 9.79. The largest absolute Gasteiger partial charge is 0.481 e. The van der Waals surface area contributed by atoms with E-state index in [9.17, 15) is 9.59 Å². The van der Waals surface area contributed by atoms with Crippen LogP contribution in [0.3, 0.4) is 0 Å². The highest BCUT2D eigenvalue weighted by Crippen LogP contribution is 2.30. The summed E-state index contributed by atoms with van der Waals surface area (Å²) in [5, 5.41) is 11.7. The third-order valence-corrected chi connectivity index (χ3v) is 3.22. The summed E-state index contributed by atoms with van der Waals surface area (Å²) in [4.78, 5) is 30.9. The maximum absolute atomic E-state index is 12.0. The van der Waals surface area contributed by atoms with Gasteiger partial charge in [-0.2, -0.15) is 0 Å². The summed E-state index contributed by atoms with van der Waals surface area (Å²) in [6.07, 6.45) is 5.97. The third-order valence-electron chi connectivity index (χ3n) is 3.22. The molecule has 6 heteroatoms. The number of aromatic nitrogens is 2. The summed E-state index contributed by atoms with van der Waals surface area (Å²) in [7, 11) is 0. The number of hydrogen-bond donors (Lipinski definition) is 2. The molecule has 0 bridgehead atoms. The minimum atomic E-state index is -0.899. The first-order valence-corrected chi connectivity index (χ1v) is 5.99. The van der Waals surface area contributed by atoms with Gasteiger partial charge in [-0.05, 0) is 18.9 Å². The van der Waals surface area contributed by atoms with E-state index in [1.54, 1.807) is 6.07 Å². The molecule has 1 heterocycles. The second kappa shape index (κ2) is 5.57. The Morgan fingerprint density at radius 3 is 2.39 bits per heavy atom. The van der Waals surface area contributed by atoms with Gasteiger partial charge in [0.2, 0.25) is 11.9 Å². The highest BCUT2D eigenvalue weighted by Gasteiger charge is 2.35. The van der Waals surface area contributed by atoms with Crippen molar-refractivity contribution in [1.82, 2.24) is 9.97 Å². The molecule has 1 aliphatic rings. The van der Waals surface area contributed by atoms with Crippen molar-refractivity contribution in [2.45, 2.75) is 25.7 Å². The van der Waals surface area contributed by atoms with Gasteiger partial charge in [-0.25, -0.2) is 9.97 Å². The molecule has 0 unspecified atom stereocenters. The lowest BCUT2D eigenvalue weighted by Gasteiger charge is -2.27. The van der Waals surface area contributed by atoms with E-state index in [2.05, 4.69) is 15.3 Å². The predicted octanol–water partition coefficient (Wildman–Crippen LogP) is 1.31. The average Bonchev–Trinajstić information content (AvgIpc) is 2.40. The summed E-state index contributed by atoms with van der Waals surface area (Å²) in [6.45, 7) is 0. The van der Waals surface area contributed by atoms with Gasteiger partial charge in [-0.3, -0.25) is 14.9 Å². The zero-order chi connectivity index (χ0) is 13.0. The number of nitrogens with one attached hydrogen (secondary N) is 1. The first-order chi connectivity index (χ1) is 8.68. The van der Waals surface area contributed by atoms with E-state index in [0.29, 0.717) is 12.8 Å². The van der Waals surface area contributed by atoms with Crippen LogP contribution in [-0.2, 0) is 9.59 Å². The number of anilines is 1. The van der Waals surface area contributed by atoms with Crippen molar-refractivity contribution < 1.29 is 14.7 Å². The van der Waals surface area contributed by atoms with Gasteiger partial charge in [0.05, 0.1) is 11.8 Å². The molecule has 1 fully saturated rings. The van der Waals surface area contributed by atoms with Crippen LogP contribution in [0.5, 0.6) is 0 Å². The molecule has 2 N–H and O–H groups in total. The smallest absolute Gasteiger partial charge is 0.307 e. The zero-order valence-electron chi connectivity index (χ0n) is 9.87. The molecule has 96 valence electrons. The van der Waals surface area contributed by atoms with Gasteiger partial charge < -0.3 is 5.11 Å². The lowest BCUT2D eigenvalue weighted by molar-refractivity contribution is -0.147. The number of amides is 1. The molecule has 0 aliphatic heterocycles. The van der Waals surface area contributed by atoms with E-state index in [0.717, 1.165) is 12.8 Å². The summed E-state index contributed by atoms with van der Waals surface area (Å²) in [5.74, 6) is -2.06. The Kier molecular flexibility index (Phi) is 3.86. The van der Waals surface area contributed by atoms with Crippen molar-refractivity contribution in [2.75, 3.05) is 5.32 Å². The zero-order valence-corrected chi connectivity index (χ0v) is 9.87. The van der Waals surface area contributed by atoms with Gasteiger partial charge in [-0.15, -0.1) is 0 Å². The van der Waals surface area contributed by atoms with Crippen molar-refractivity contribution in [3.8, 4) is 0 Å². The molecule has 0 aromatic carbocycles. The van der Waals surface area contributed by atoms with Gasteiger partial charge >= 0.3 is 5.97 Å². The van der Waals surface area contributed by atoms with E-state index in [1.165, 1.54) is 12.4 Å². The standard InChI is InChI=1S/C12H15N3O3/c16-10(15-12-13-6-3-7-14-12)8-4-1-2-5-9(8)11(17)18/h3,6-9H,1-2,4-5H2,(H,17,18)(H,13,14,15,16)/t8-,9+/m1/s1. The number of carboxylic acid groups (broad SMARTS) is 1. The van der Waals surface area contributed by atoms with Crippen molar-refractivity contribution in [1.29, 1.82) is 0 Å². The average molecular weight is 249 g/mol. The molecule has 0 saturated heterocycles. The molecular weight excluding hydrogens is 234 g/mol. The molecule has 1 amide bonds. The fourth-order valence-electron chi connectivity index (χ4n) is 2.31. The fraction of sp³-hybridized carbons (Fsp3) is 0.500. The number of nitrogens with zero attached hydrogens (tertiary/aromatic N) is 2. The summed E-state index contributed by atoms with van der Waals surface area (Å²) >= 11 is 0. The van der Waals surface area contributed by atoms with Crippen LogP contribution in [0.15, 0.2) is 18.5 Å². The summed E-state index contributed by atoms with van der Waals surface area (Å²) < 4.78 is 0. The maximum atomic E-state index is 12.0. The first-order valence-electron chi connectivity index (χ1n) is 5.99.